The first-order valence-electron chi connectivity index (χ1n) is 7.11. The second-order valence-corrected chi connectivity index (χ2v) is 5.30. The van der Waals surface area contributed by atoms with Gasteiger partial charge in [0.15, 0.2) is 0 Å². The zero-order valence-corrected chi connectivity index (χ0v) is 11.3. The molecule has 0 aromatic heterocycles. The lowest BCUT2D eigenvalue weighted by Gasteiger charge is -2.26. The van der Waals surface area contributed by atoms with Gasteiger partial charge in [-0.2, -0.15) is 0 Å². The normalized spacial score (nSPS) is 21.8. The van der Waals surface area contributed by atoms with E-state index in [-0.39, 0.29) is 6.61 Å². The van der Waals surface area contributed by atoms with Gasteiger partial charge in [-0.15, -0.1) is 0 Å². The van der Waals surface area contributed by atoms with Crippen LogP contribution in [0.1, 0.15) is 49.7 Å². The molecule has 100 valence electrons. The van der Waals surface area contributed by atoms with Crippen LogP contribution >= 0.6 is 0 Å². The topological polar surface area (TPSA) is 29.5 Å². The van der Waals surface area contributed by atoms with E-state index in [1.807, 2.05) is 0 Å². The lowest BCUT2D eigenvalue weighted by atomic mass is 9.88. The van der Waals surface area contributed by atoms with Gasteiger partial charge in [0, 0.05) is 13.2 Å². The molecule has 2 rings (SSSR count). The number of ether oxygens (including phenoxy) is 1. The van der Waals surface area contributed by atoms with Crippen molar-refractivity contribution < 1.29 is 9.84 Å². The van der Waals surface area contributed by atoms with E-state index < -0.39 is 0 Å². The molecule has 1 aromatic carbocycles. The highest BCUT2D eigenvalue weighted by atomic mass is 16.5. The molecule has 1 aliphatic heterocycles. The fourth-order valence-corrected chi connectivity index (χ4v) is 2.88. The Hall–Kier alpha value is -0.860. The SMILES string of the molecule is CC(CC1CCCCO1)c1ccccc1CCO. The van der Waals surface area contributed by atoms with Gasteiger partial charge in [0.1, 0.15) is 0 Å². The van der Waals surface area contributed by atoms with E-state index >= 15 is 0 Å². The molecule has 1 aromatic rings. The molecule has 2 unspecified atom stereocenters. The summed E-state index contributed by atoms with van der Waals surface area (Å²) in [5.41, 5.74) is 2.66. The second-order valence-electron chi connectivity index (χ2n) is 5.30. The maximum Gasteiger partial charge on any atom is 0.0580 e. The van der Waals surface area contributed by atoms with Crippen molar-refractivity contribution >= 4 is 0 Å². The highest BCUT2D eigenvalue weighted by molar-refractivity contribution is 5.30. The van der Waals surface area contributed by atoms with Crippen LogP contribution < -0.4 is 0 Å². The summed E-state index contributed by atoms with van der Waals surface area (Å²) in [5.74, 6) is 0.510. The molecule has 1 fully saturated rings. The number of hydrogen-bond acceptors (Lipinski definition) is 2. The predicted molar refractivity (Wildman–Crippen MR) is 73.9 cm³/mol. The molecule has 0 saturated carbocycles. The smallest absolute Gasteiger partial charge is 0.0580 e. The lowest BCUT2D eigenvalue weighted by Crippen LogP contribution is -2.21. The summed E-state index contributed by atoms with van der Waals surface area (Å²) in [4.78, 5) is 0. The molecule has 1 aliphatic rings. The van der Waals surface area contributed by atoms with E-state index in [9.17, 15) is 0 Å². The Morgan fingerprint density at radius 2 is 2.17 bits per heavy atom. The Bertz CT molecular complexity index is 356. The van der Waals surface area contributed by atoms with Crippen LogP contribution in [-0.4, -0.2) is 24.4 Å². The number of aliphatic hydroxyl groups is 1. The van der Waals surface area contributed by atoms with Gasteiger partial charge >= 0.3 is 0 Å². The molecule has 0 radical (unpaired) electrons. The summed E-state index contributed by atoms with van der Waals surface area (Å²) >= 11 is 0. The average molecular weight is 248 g/mol. The number of hydrogen-bond donors (Lipinski definition) is 1. The van der Waals surface area contributed by atoms with Gasteiger partial charge < -0.3 is 9.84 Å². The van der Waals surface area contributed by atoms with Crippen LogP contribution in [0, 0.1) is 0 Å². The lowest BCUT2D eigenvalue weighted by molar-refractivity contribution is 0.00787. The summed E-state index contributed by atoms with van der Waals surface area (Å²) in [6.45, 7) is 3.42. The van der Waals surface area contributed by atoms with Crippen molar-refractivity contribution in [2.24, 2.45) is 0 Å². The molecule has 0 amide bonds. The van der Waals surface area contributed by atoms with Gasteiger partial charge in [0.2, 0.25) is 0 Å². The third kappa shape index (κ3) is 3.56. The molecule has 1 heterocycles. The first-order valence-corrected chi connectivity index (χ1v) is 7.11. The van der Waals surface area contributed by atoms with E-state index in [1.165, 1.54) is 30.4 Å². The van der Waals surface area contributed by atoms with Gasteiger partial charge in [0.25, 0.3) is 0 Å². The molecule has 0 aliphatic carbocycles. The van der Waals surface area contributed by atoms with Gasteiger partial charge in [-0.05, 0) is 49.1 Å². The molecule has 1 saturated heterocycles. The van der Waals surface area contributed by atoms with Crippen LogP contribution in [0.4, 0.5) is 0 Å². The minimum absolute atomic E-state index is 0.226. The first kappa shape index (κ1) is 13.6. The Balaban J connectivity index is 2.00. The third-order valence-corrected chi connectivity index (χ3v) is 3.86. The van der Waals surface area contributed by atoms with E-state index in [0.717, 1.165) is 19.4 Å². The fraction of sp³-hybridized carbons (Fsp3) is 0.625. The van der Waals surface area contributed by atoms with Crippen molar-refractivity contribution in [3.63, 3.8) is 0 Å². The molecule has 0 bridgehead atoms. The van der Waals surface area contributed by atoms with Crippen molar-refractivity contribution in [1.82, 2.24) is 0 Å². The van der Waals surface area contributed by atoms with Crippen molar-refractivity contribution in [3.05, 3.63) is 35.4 Å². The summed E-state index contributed by atoms with van der Waals surface area (Å²) < 4.78 is 5.82. The summed E-state index contributed by atoms with van der Waals surface area (Å²) in [5, 5.41) is 9.12. The monoisotopic (exact) mass is 248 g/mol. The minimum atomic E-state index is 0.226. The second kappa shape index (κ2) is 6.91. The van der Waals surface area contributed by atoms with E-state index in [1.54, 1.807) is 0 Å². The molecule has 0 spiro atoms. The highest BCUT2D eigenvalue weighted by Gasteiger charge is 2.19. The maximum absolute atomic E-state index is 9.12. The minimum Gasteiger partial charge on any atom is -0.396 e. The number of aliphatic hydroxyl groups excluding tert-OH is 1. The summed E-state index contributed by atoms with van der Waals surface area (Å²) in [6, 6.07) is 8.47. The Morgan fingerprint density at radius 3 is 2.89 bits per heavy atom. The van der Waals surface area contributed by atoms with Gasteiger partial charge in [-0.25, -0.2) is 0 Å². The molecular formula is C16H24O2. The van der Waals surface area contributed by atoms with E-state index in [2.05, 4.69) is 31.2 Å². The molecular weight excluding hydrogens is 224 g/mol. The molecule has 2 heteroatoms. The van der Waals surface area contributed by atoms with Crippen molar-refractivity contribution in [3.8, 4) is 0 Å². The predicted octanol–water partition coefficient (Wildman–Crippen LogP) is 3.28. The van der Waals surface area contributed by atoms with Crippen LogP contribution in [0.3, 0.4) is 0 Å². The van der Waals surface area contributed by atoms with Crippen molar-refractivity contribution in [2.45, 2.75) is 51.0 Å². The standard InChI is InChI=1S/C16H24O2/c1-13(12-15-7-4-5-11-18-15)16-8-3-2-6-14(16)9-10-17/h2-3,6,8,13,15,17H,4-5,7,9-12H2,1H3. The third-order valence-electron chi connectivity index (χ3n) is 3.86. The van der Waals surface area contributed by atoms with Gasteiger partial charge in [0.05, 0.1) is 6.10 Å². The Labute approximate surface area is 110 Å². The van der Waals surface area contributed by atoms with Crippen LogP contribution in [0.15, 0.2) is 24.3 Å². The fourth-order valence-electron chi connectivity index (χ4n) is 2.88. The molecule has 2 atom stereocenters. The van der Waals surface area contributed by atoms with Crippen LogP contribution in [-0.2, 0) is 11.2 Å². The van der Waals surface area contributed by atoms with E-state index in [4.69, 9.17) is 9.84 Å². The summed E-state index contributed by atoms with van der Waals surface area (Å²) in [6.07, 6.45) is 6.00. The zero-order chi connectivity index (χ0) is 12.8. The average Bonchev–Trinajstić information content (AvgIpc) is 2.41. The van der Waals surface area contributed by atoms with Crippen molar-refractivity contribution in [2.75, 3.05) is 13.2 Å². The first-order chi connectivity index (χ1) is 8.81. The highest BCUT2D eigenvalue weighted by Crippen LogP contribution is 2.28. The van der Waals surface area contributed by atoms with E-state index in [0.29, 0.717) is 12.0 Å². The van der Waals surface area contributed by atoms with Crippen LogP contribution in [0.2, 0.25) is 0 Å². The quantitative estimate of drug-likeness (QED) is 0.866. The Kier molecular flexibility index (Phi) is 5.21. The molecule has 2 nitrogen and oxygen atoms in total. The van der Waals surface area contributed by atoms with Gasteiger partial charge in [-0.1, -0.05) is 31.2 Å². The summed E-state index contributed by atoms with van der Waals surface area (Å²) in [7, 11) is 0. The largest absolute Gasteiger partial charge is 0.396 e. The Morgan fingerprint density at radius 1 is 1.33 bits per heavy atom. The number of benzene rings is 1. The van der Waals surface area contributed by atoms with Crippen LogP contribution in [0.5, 0.6) is 0 Å². The molecule has 18 heavy (non-hydrogen) atoms. The maximum atomic E-state index is 9.12. The molecule has 1 N–H and O–H groups in total. The van der Waals surface area contributed by atoms with Crippen LogP contribution in [0.25, 0.3) is 0 Å². The zero-order valence-electron chi connectivity index (χ0n) is 11.3. The number of rotatable bonds is 5. The van der Waals surface area contributed by atoms with Gasteiger partial charge in [-0.3, -0.25) is 0 Å². The van der Waals surface area contributed by atoms with Crippen molar-refractivity contribution in [1.29, 1.82) is 0 Å².